The zero-order chi connectivity index (χ0) is 19.4. The van der Waals surface area contributed by atoms with E-state index in [-0.39, 0.29) is 6.00 Å². The normalized spacial score (nSPS) is 14.7. The Hall–Kier alpha value is -2.43. The van der Waals surface area contributed by atoms with E-state index in [2.05, 4.69) is 48.1 Å². The molecule has 0 aliphatic carbocycles. The van der Waals surface area contributed by atoms with Crippen LogP contribution in [0.1, 0.15) is 25.0 Å². The molecule has 27 heavy (non-hydrogen) atoms. The van der Waals surface area contributed by atoms with Gasteiger partial charge in [0.15, 0.2) is 5.84 Å². The lowest BCUT2D eigenvalue weighted by Gasteiger charge is -2.04. The number of amidine groups is 2. The SMILES string of the molecule is C/C=c1\c(=C(/C)C(=NCCl)N=C(N)c2ccccc2)sc2c(C)cccc12. The lowest BCUT2D eigenvalue weighted by Crippen LogP contribution is -2.24. The fourth-order valence-corrected chi connectivity index (χ4v) is 4.44. The number of halogens is 1. The number of aryl methyl sites for hydroxylation is 1. The topological polar surface area (TPSA) is 50.7 Å². The van der Waals surface area contributed by atoms with Gasteiger partial charge < -0.3 is 5.73 Å². The van der Waals surface area contributed by atoms with Gasteiger partial charge in [-0.15, -0.1) is 22.9 Å². The Kier molecular flexibility index (Phi) is 6.09. The predicted molar refractivity (Wildman–Crippen MR) is 120 cm³/mol. The van der Waals surface area contributed by atoms with Crippen molar-refractivity contribution >= 4 is 56.3 Å². The number of fused-ring (bicyclic) bond motifs is 1. The summed E-state index contributed by atoms with van der Waals surface area (Å²) < 4.78 is 2.43. The first-order valence-corrected chi connectivity index (χ1v) is 10.1. The largest absolute Gasteiger partial charge is 0.383 e. The van der Waals surface area contributed by atoms with Crippen LogP contribution in [0.15, 0.2) is 58.5 Å². The molecule has 0 spiro atoms. The average molecular weight is 396 g/mol. The summed E-state index contributed by atoms with van der Waals surface area (Å²) in [5.74, 6) is 0.997. The second-order valence-electron chi connectivity index (χ2n) is 6.17. The Bertz CT molecular complexity index is 1140. The first-order valence-electron chi connectivity index (χ1n) is 8.72. The van der Waals surface area contributed by atoms with Gasteiger partial charge in [0.2, 0.25) is 0 Å². The van der Waals surface area contributed by atoms with E-state index in [1.54, 1.807) is 11.3 Å². The molecule has 5 heteroatoms. The molecule has 0 atom stereocenters. The van der Waals surface area contributed by atoms with Crippen molar-refractivity contribution in [2.75, 3.05) is 6.00 Å². The highest BCUT2D eigenvalue weighted by Crippen LogP contribution is 2.19. The van der Waals surface area contributed by atoms with Crippen LogP contribution in [0.2, 0.25) is 0 Å². The van der Waals surface area contributed by atoms with E-state index in [1.165, 1.54) is 20.9 Å². The van der Waals surface area contributed by atoms with Crippen LogP contribution in [0.3, 0.4) is 0 Å². The molecule has 0 radical (unpaired) electrons. The molecule has 2 N–H and O–H groups in total. The minimum Gasteiger partial charge on any atom is -0.383 e. The van der Waals surface area contributed by atoms with Gasteiger partial charge in [0.1, 0.15) is 11.8 Å². The predicted octanol–water partition coefficient (Wildman–Crippen LogP) is 4.18. The molecule has 0 saturated heterocycles. The molecule has 0 fully saturated rings. The fourth-order valence-electron chi connectivity index (χ4n) is 3.03. The molecule has 0 aliphatic heterocycles. The maximum Gasteiger partial charge on any atom is 0.155 e. The second-order valence-corrected chi connectivity index (χ2v) is 7.43. The summed E-state index contributed by atoms with van der Waals surface area (Å²) in [6.07, 6.45) is 2.14. The van der Waals surface area contributed by atoms with E-state index in [0.717, 1.165) is 15.7 Å². The highest BCUT2D eigenvalue weighted by molar-refractivity contribution is 7.17. The van der Waals surface area contributed by atoms with Crippen LogP contribution in [0.25, 0.3) is 21.7 Å². The number of hydrogen-bond donors (Lipinski definition) is 1. The highest BCUT2D eigenvalue weighted by Gasteiger charge is 2.10. The van der Waals surface area contributed by atoms with Crippen LogP contribution in [0.5, 0.6) is 0 Å². The second kappa shape index (κ2) is 8.51. The number of nitrogens with two attached hydrogens (primary N) is 1. The van der Waals surface area contributed by atoms with E-state index in [4.69, 9.17) is 17.3 Å². The third-order valence-electron chi connectivity index (χ3n) is 4.42. The molecule has 0 bridgehead atoms. The van der Waals surface area contributed by atoms with Crippen molar-refractivity contribution in [2.45, 2.75) is 20.8 Å². The van der Waals surface area contributed by atoms with Crippen LogP contribution in [-0.4, -0.2) is 17.7 Å². The zero-order valence-corrected chi connectivity index (χ0v) is 17.2. The van der Waals surface area contributed by atoms with Gasteiger partial charge in [-0.05, 0) is 31.6 Å². The van der Waals surface area contributed by atoms with Crippen molar-refractivity contribution in [2.24, 2.45) is 15.7 Å². The van der Waals surface area contributed by atoms with Crippen LogP contribution >= 0.6 is 22.9 Å². The number of thiophene rings is 1. The number of nitrogens with zero attached hydrogens (tertiary/aromatic N) is 2. The van der Waals surface area contributed by atoms with E-state index in [9.17, 15) is 0 Å². The van der Waals surface area contributed by atoms with E-state index in [1.807, 2.05) is 37.3 Å². The maximum absolute atomic E-state index is 6.22. The summed E-state index contributed by atoms with van der Waals surface area (Å²) in [6.45, 7) is 6.22. The molecule has 138 valence electrons. The minimum atomic E-state index is 0.132. The van der Waals surface area contributed by atoms with E-state index >= 15 is 0 Å². The quantitative estimate of drug-likeness (QED) is 0.307. The molecule has 2 aromatic carbocycles. The third kappa shape index (κ3) is 3.97. The molecule has 1 heterocycles. The molecular weight excluding hydrogens is 374 g/mol. The zero-order valence-electron chi connectivity index (χ0n) is 15.7. The Morgan fingerprint density at radius 2 is 1.89 bits per heavy atom. The van der Waals surface area contributed by atoms with Crippen molar-refractivity contribution in [1.29, 1.82) is 0 Å². The van der Waals surface area contributed by atoms with E-state index in [0.29, 0.717) is 11.7 Å². The molecule has 0 unspecified atom stereocenters. The van der Waals surface area contributed by atoms with Crippen molar-refractivity contribution < 1.29 is 0 Å². The monoisotopic (exact) mass is 395 g/mol. The molecule has 0 aliphatic rings. The van der Waals surface area contributed by atoms with Crippen LogP contribution in [0.4, 0.5) is 0 Å². The number of benzene rings is 2. The lowest BCUT2D eigenvalue weighted by atomic mass is 10.1. The van der Waals surface area contributed by atoms with Crippen molar-refractivity contribution in [3.05, 3.63) is 69.4 Å². The number of rotatable bonds is 3. The van der Waals surface area contributed by atoms with Crippen molar-refractivity contribution in [1.82, 2.24) is 0 Å². The molecule has 0 saturated carbocycles. The smallest absolute Gasteiger partial charge is 0.155 e. The van der Waals surface area contributed by atoms with Crippen molar-refractivity contribution in [3.63, 3.8) is 0 Å². The summed E-state index contributed by atoms with van der Waals surface area (Å²) in [5, 5.41) is 2.45. The standard InChI is InChI=1S/C22H22ClN3S/c1-4-17-18-12-8-9-14(2)19(18)27-20(17)15(3)22(25-13-23)26-21(24)16-10-6-5-7-11-16/h4-12H,13H2,1-3H3,(H2,24,25,26)/b17-4-,20-15-. The van der Waals surface area contributed by atoms with Crippen LogP contribution < -0.4 is 15.5 Å². The molecule has 0 amide bonds. The Balaban J connectivity index is 2.25. The van der Waals surface area contributed by atoms with Gasteiger partial charge in [-0.2, -0.15) is 0 Å². The van der Waals surface area contributed by atoms with Gasteiger partial charge >= 0.3 is 0 Å². The van der Waals surface area contributed by atoms with Gasteiger partial charge in [0.05, 0.1) is 0 Å². The third-order valence-corrected chi connectivity index (χ3v) is 6.02. The van der Waals surface area contributed by atoms with Gasteiger partial charge in [-0.25, -0.2) is 4.99 Å². The number of alkyl halides is 1. The Morgan fingerprint density at radius 3 is 2.56 bits per heavy atom. The molecule has 3 nitrogen and oxygen atoms in total. The van der Waals surface area contributed by atoms with Crippen LogP contribution in [-0.2, 0) is 0 Å². The summed E-state index contributed by atoms with van der Waals surface area (Å²) in [4.78, 5) is 9.00. The number of aliphatic imine (C=N–C) groups is 2. The van der Waals surface area contributed by atoms with Gasteiger partial charge in [-0.3, -0.25) is 4.99 Å². The van der Waals surface area contributed by atoms with Gasteiger partial charge in [-0.1, -0.05) is 54.6 Å². The minimum absolute atomic E-state index is 0.132. The fraction of sp³-hybridized carbons (Fsp3) is 0.182. The van der Waals surface area contributed by atoms with Crippen LogP contribution in [0, 0.1) is 6.92 Å². The van der Waals surface area contributed by atoms with E-state index < -0.39 is 0 Å². The molecule has 1 aromatic heterocycles. The highest BCUT2D eigenvalue weighted by atomic mass is 35.5. The lowest BCUT2D eigenvalue weighted by molar-refractivity contribution is 1.33. The van der Waals surface area contributed by atoms with Crippen molar-refractivity contribution in [3.8, 4) is 0 Å². The summed E-state index contributed by atoms with van der Waals surface area (Å²) in [7, 11) is 0. The first kappa shape index (κ1) is 19.3. The summed E-state index contributed by atoms with van der Waals surface area (Å²) in [5.41, 5.74) is 9.32. The summed E-state index contributed by atoms with van der Waals surface area (Å²) >= 11 is 7.68. The maximum atomic E-state index is 6.22. The molecule has 3 aromatic rings. The van der Waals surface area contributed by atoms with Gasteiger partial charge in [0.25, 0.3) is 0 Å². The molecular formula is C22H22ClN3S. The number of hydrogen-bond acceptors (Lipinski definition) is 2. The average Bonchev–Trinajstić information content (AvgIpc) is 3.07. The molecule has 3 rings (SSSR count). The van der Waals surface area contributed by atoms with Gasteiger partial charge in [0, 0.05) is 25.8 Å². The first-order chi connectivity index (χ1) is 13.1. The Labute approximate surface area is 168 Å². The Morgan fingerprint density at radius 1 is 1.15 bits per heavy atom. The summed E-state index contributed by atoms with van der Waals surface area (Å²) in [6, 6.07) is 16.2.